The van der Waals surface area contributed by atoms with Crippen LogP contribution in [-0.4, -0.2) is 41.8 Å². The Labute approximate surface area is 108 Å². The summed E-state index contributed by atoms with van der Waals surface area (Å²) in [6.45, 7) is -0.302. The highest BCUT2D eigenvalue weighted by atomic mass is 19.4. The van der Waals surface area contributed by atoms with Crippen LogP contribution in [0.15, 0.2) is 30.3 Å². The van der Waals surface area contributed by atoms with Crippen LogP contribution in [0.3, 0.4) is 0 Å². The summed E-state index contributed by atoms with van der Waals surface area (Å²) in [6, 6.07) is 8.99. The molecule has 2 rings (SSSR count). The van der Waals surface area contributed by atoms with E-state index < -0.39 is 12.1 Å². The van der Waals surface area contributed by atoms with Crippen LogP contribution in [0.25, 0.3) is 0 Å². The van der Waals surface area contributed by atoms with Crippen molar-refractivity contribution in [2.75, 3.05) is 19.7 Å². The van der Waals surface area contributed by atoms with Crippen molar-refractivity contribution in [3.63, 3.8) is 0 Å². The SMILES string of the molecule is O=C(N1C[C@H](CO)[C@@H](c2ccccc2)C1)C(F)(F)F. The third-order valence-electron chi connectivity index (χ3n) is 3.43. The Bertz CT molecular complexity index is 447. The molecule has 1 aliphatic heterocycles. The number of halogens is 3. The van der Waals surface area contributed by atoms with Gasteiger partial charge in [0.15, 0.2) is 0 Å². The van der Waals surface area contributed by atoms with Crippen LogP contribution in [-0.2, 0) is 4.79 Å². The maximum atomic E-state index is 12.4. The molecule has 19 heavy (non-hydrogen) atoms. The number of nitrogens with zero attached hydrogens (tertiary/aromatic N) is 1. The average Bonchev–Trinajstić information content (AvgIpc) is 2.81. The van der Waals surface area contributed by atoms with Crippen LogP contribution in [0.4, 0.5) is 13.2 Å². The average molecular weight is 273 g/mol. The number of benzene rings is 1. The number of amides is 1. The maximum Gasteiger partial charge on any atom is 0.471 e. The fourth-order valence-electron chi connectivity index (χ4n) is 2.48. The van der Waals surface area contributed by atoms with Gasteiger partial charge in [0.1, 0.15) is 0 Å². The van der Waals surface area contributed by atoms with Gasteiger partial charge in [-0.05, 0) is 5.56 Å². The smallest absolute Gasteiger partial charge is 0.396 e. The zero-order valence-electron chi connectivity index (χ0n) is 10.1. The van der Waals surface area contributed by atoms with E-state index in [2.05, 4.69) is 0 Å². The second-order valence-corrected chi connectivity index (χ2v) is 4.67. The normalized spacial score (nSPS) is 23.7. The highest BCUT2D eigenvalue weighted by molar-refractivity contribution is 5.82. The second-order valence-electron chi connectivity index (χ2n) is 4.67. The summed E-state index contributed by atoms with van der Waals surface area (Å²) in [5.74, 6) is -2.43. The van der Waals surface area contributed by atoms with Crippen molar-refractivity contribution in [2.24, 2.45) is 5.92 Å². The molecule has 0 radical (unpaired) electrons. The van der Waals surface area contributed by atoms with Crippen LogP contribution >= 0.6 is 0 Å². The van der Waals surface area contributed by atoms with E-state index in [-0.39, 0.29) is 31.5 Å². The van der Waals surface area contributed by atoms with Crippen molar-refractivity contribution >= 4 is 5.91 Å². The number of alkyl halides is 3. The van der Waals surface area contributed by atoms with Crippen molar-refractivity contribution in [1.29, 1.82) is 0 Å². The molecule has 0 aliphatic carbocycles. The molecule has 1 heterocycles. The van der Waals surface area contributed by atoms with Gasteiger partial charge in [-0.2, -0.15) is 13.2 Å². The fraction of sp³-hybridized carbons (Fsp3) is 0.462. The van der Waals surface area contributed by atoms with Crippen molar-refractivity contribution in [1.82, 2.24) is 4.90 Å². The molecule has 0 bridgehead atoms. The molecule has 1 saturated heterocycles. The van der Waals surface area contributed by atoms with Gasteiger partial charge in [0.2, 0.25) is 0 Å². The fourth-order valence-corrected chi connectivity index (χ4v) is 2.48. The molecule has 0 unspecified atom stereocenters. The number of carbonyl (C=O) groups excluding carboxylic acids is 1. The predicted molar refractivity (Wildman–Crippen MR) is 62.4 cm³/mol. The van der Waals surface area contributed by atoms with Gasteiger partial charge in [-0.15, -0.1) is 0 Å². The highest BCUT2D eigenvalue weighted by Crippen LogP contribution is 2.34. The monoisotopic (exact) mass is 273 g/mol. The number of rotatable bonds is 2. The lowest BCUT2D eigenvalue weighted by Crippen LogP contribution is -2.39. The Morgan fingerprint density at radius 3 is 2.42 bits per heavy atom. The van der Waals surface area contributed by atoms with Crippen LogP contribution < -0.4 is 0 Å². The first-order chi connectivity index (χ1) is 8.93. The van der Waals surface area contributed by atoms with Crippen molar-refractivity contribution in [3.05, 3.63) is 35.9 Å². The van der Waals surface area contributed by atoms with E-state index in [4.69, 9.17) is 0 Å². The summed E-state index contributed by atoms with van der Waals surface area (Å²) < 4.78 is 37.2. The van der Waals surface area contributed by atoms with E-state index in [0.29, 0.717) is 0 Å². The predicted octanol–water partition coefficient (Wildman–Crippen LogP) is 1.78. The largest absolute Gasteiger partial charge is 0.471 e. The number of hydrogen-bond donors (Lipinski definition) is 1. The third-order valence-corrected chi connectivity index (χ3v) is 3.43. The van der Waals surface area contributed by atoms with Gasteiger partial charge < -0.3 is 10.0 Å². The summed E-state index contributed by atoms with van der Waals surface area (Å²) in [6.07, 6.45) is -4.86. The molecular formula is C13H14F3NO2. The molecule has 6 heteroatoms. The van der Waals surface area contributed by atoms with Gasteiger partial charge in [-0.25, -0.2) is 0 Å². The second kappa shape index (κ2) is 5.21. The zero-order valence-corrected chi connectivity index (χ0v) is 10.1. The van der Waals surface area contributed by atoms with Crippen molar-refractivity contribution in [2.45, 2.75) is 12.1 Å². The first-order valence-electron chi connectivity index (χ1n) is 5.95. The molecule has 104 valence electrons. The van der Waals surface area contributed by atoms with Crippen LogP contribution in [0.2, 0.25) is 0 Å². The standard InChI is InChI=1S/C13H14F3NO2/c14-13(15,16)12(19)17-6-10(8-18)11(7-17)9-4-2-1-3-5-9/h1-5,10-11,18H,6-8H2/t10-,11-/m1/s1. The number of carbonyl (C=O) groups is 1. The number of aliphatic hydroxyl groups excluding tert-OH is 1. The molecule has 1 N–H and O–H groups in total. The number of likely N-dealkylation sites (tertiary alicyclic amines) is 1. The van der Waals surface area contributed by atoms with E-state index in [9.17, 15) is 23.1 Å². The Balaban J connectivity index is 2.17. The highest BCUT2D eigenvalue weighted by Gasteiger charge is 2.47. The van der Waals surface area contributed by atoms with Gasteiger partial charge in [-0.1, -0.05) is 30.3 Å². The summed E-state index contributed by atoms with van der Waals surface area (Å²) in [5.41, 5.74) is 0.846. The molecule has 1 fully saturated rings. The van der Waals surface area contributed by atoms with Gasteiger partial charge in [0, 0.05) is 31.5 Å². The molecule has 0 saturated carbocycles. The summed E-state index contributed by atoms with van der Waals surface area (Å²) in [4.78, 5) is 12.0. The number of hydrogen-bond acceptors (Lipinski definition) is 2. The molecule has 1 aliphatic rings. The quantitative estimate of drug-likeness (QED) is 0.892. The number of aliphatic hydroxyl groups is 1. The third kappa shape index (κ3) is 2.89. The summed E-state index contributed by atoms with van der Waals surface area (Å²) in [5, 5.41) is 9.28. The molecular weight excluding hydrogens is 259 g/mol. The molecule has 1 aromatic rings. The minimum Gasteiger partial charge on any atom is -0.396 e. The topological polar surface area (TPSA) is 40.5 Å². The van der Waals surface area contributed by atoms with Gasteiger partial charge in [0.05, 0.1) is 0 Å². The zero-order chi connectivity index (χ0) is 14.0. The molecule has 0 aromatic heterocycles. The van der Waals surface area contributed by atoms with Gasteiger partial charge in [0.25, 0.3) is 0 Å². The Morgan fingerprint density at radius 2 is 1.89 bits per heavy atom. The summed E-state index contributed by atoms with van der Waals surface area (Å²) in [7, 11) is 0. The van der Waals surface area contributed by atoms with Crippen LogP contribution in [0.5, 0.6) is 0 Å². The lowest BCUT2D eigenvalue weighted by molar-refractivity contribution is -0.184. The lowest BCUT2D eigenvalue weighted by atomic mass is 9.90. The maximum absolute atomic E-state index is 12.4. The van der Waals surface area contributed by atoms with Crippen LogP contribution in [0.1, 0.15) is 11.5 Å². The van der Waals surface area contributed by atoms with E-state index in [1.807, 2.05) is 6.07 Å². The van der Waals surface area contributed by atoms with Crippen LogP contribution in [0, 0.1) is 5.92 Å². The van der Waals surface area contributed by atoms with Crippen molar-refractivity contribution in [3.8, 4) is 0 Å². The minimum atomic E-state index is -4.86. The molecule has 1 aromatic carbocycles. The van der Waals surface area contributed by atoms with E-state index in [0.717, 1.165) is 10.5 Å². The Hall–Kier alpha value is -1.56. The van der Waals surface area contributed by atoms with Gasteiger partial charge >= 0.3 is 12.1 Å². The van der Waals surface area contributed by atoms with Gasteiger partial charge in [-0.3, -0.25) is 4.79 Å². The van der Waals surface area contributed by atoms with E-state index in [1.54, 1.807) is 24.3 Å². The van der Waals surface area contributed by atoms with E-state index in [1.165, 1.54) is 0 Å². The molecule has 3 nitrogen and oxygen atoms in total. The Kier molecular flexibility index (Phi) is 3.80. The molecule has 1 amide bonds. The van der Waals surface area contributed by atoms with E-state index >= 15 is 0 Å². The minimum absolute atomic E-state index is 0.00637. The first-order valence-corrected chi connectivity index (χ1v) is 5.95. The Morgan fingerprint density at radius 1 is 1.26 bits per heavy atom. The van der Waals surface area contributed by atoms with Crippen molar-refractivity contribution < 1.29 is 23.1 Å². The first kappa shape index (κ1) is 13.9. The molecule has 0 spiro atoms. The summed E-state index contributed by atoms with van der Waals surface area (Å²) >= 11 is 0. The molecule has 2 atom stereocenters. The lowest BCUT2D eigenvalue weighted by Gasteiger charge is -2.18.